The summed E-state index contributed by atoms with van der Waals surface area (Å²) in [5.41, 5.74) is 6.02. The second-order valence-electron chi connectivity index (χ2n) is 4.42. The molecular weight excluding hydrogens is 232 g/mol. The van der Waals surface area contributed by atoms with Crippen LogP contribution in [0.4, 0.5) is 5.69 Å². The normalized spacial score (nSPS) is 12.7. The molecule has 0 bridgehead atoms. The van der Waals surface area contributed by atoms with Crippen molar-refractivity contribution in [2.75, 3.05) is 12.3 Å². The first-order valence-electron chi connectivity index (χ1n) is 6.29. The number of carbonyl (C=O) groups is 1. The Bertz CT molecular complexity index is 374. The fourth-order valence-electron chi connectivity index (χ4n) is 1.89. The molecule has 18 heavy (non-hydrogen) atoms. The van der Waals surface area contributed by atoms with E-state index in [1.54, 1.807) is 6.20 Å². The van der Waals surface area contributed by atoms with Crippen molar-refractivity contribution in [3.8, 4) is 0 Å². The van der Waals surface area contributed by atoms with Gasteiger partial charge < -0.3 is 16.2 Å². The van der Waals surface area contributed by atoms with Crippen molar-refractivity contribution in [2.24, 2.45) is 5.92 Å². The van der Waals surface area contributed by atoms with Crippen molar-refractivity contribution in [1.82, 2.24) is 15.1 Å². The van der Waals surface area contributed by atoms with Crippen LogP contribution >= 0.6 is 0 Å². The third kappa shape index (κ3) is 4.37. The maximum Gasteiger partial charge on any atom is 0.241 e. The van der Waals surface area contributed by atoms with E-state index in [0.717, 1.165) is 12.8 Å². The Balaban J connectivity index is 2.32. The van der Waals surface area contributed by atoms with Crippen molar-refractivity contribution in [3.63, 3.8) is 0 Å². The van der Waals surface area contributed by atoms with Gasteiger partial charge in [-0.05, 0) is 5.92 Å². The van der Waals surface area contributed by atoms with E-state index in [1.807, 2.05) is 13.8 Å². The highest BCUT2D eigenvalue weighted by molar-refractivity contribution is 5.75. The Morgan fingerprint density at radius 2 is 2.22 bits per heavy atom. The minimum Gasteiger partial charge on any atom is -0.396 e. The van der Waals surface area contributed by atoms with Crippen molar-refractivity contribution >= 4 is 11.6 Å². The lowest BCUT2D eigenvalue weighted by molar-refractivity contribution is -0.122. The van der Waals surface area contributed by atoms with Crippen molar-refractivity contribution in [2.45, 2.75) is 39.3 Å². The number of hydrogen-bond acceptors (Lipinski definition) is 4. The molecule has 1 aromatic heterocycles. The monoisotopic (exact) mass is 254 g/mol. The second kappa shape index (κ2) is 7.00. The Morgan fingerprint density at radius 3 is 2.72 bits per heavy atom. The molecule has 102 valence electrons. The molecule has 0 aliphatic carbocycles. The van der Waals surface area contributed by atoms with Gasteiger partial charge >= 0.3 is 0 Å². The van der Waals surface area contributed by atoms with Crippen LogP contribution < -0.4 is 11.1 Å². The van der Waals surface area contributed by atoms with Gasteiger partial charge in [0.05, 0.1) is 18.0 Å². The molecule has 0 aliphatic rings. The van der Waals surface area contributed by atoms with E-state index in [4.69, 9.17) is 5.73 Å². The van der Waals surface area contributed by atoms with E-state index in [1.165, 1.54) is 10.9 Å². The van der Waals surface area contributed by atoms with Gasteiger partial charge in [-0.25, -0.2) is 0 Å². The number of carbonyl (C=O) groups excluding carboxylic acids is 1. The Kier molecular flexibility index (Phi) is 5.64. The molecule has 1 amide bonds. The van der Waals surface area contributed by atoms with Crippen molar-refractivity contribution in [3.05, 3.63) is 12.4 Å². The number of nitrogens with zero attached hydrogens (tertiary/aromatic N) is 2. The first kappa shape index (κ1) is 14.5. The van der Waals surface area contributed by atoms with Crippen LogP contribution in [0.15, 0.2) is 12.4 Å². The van der Waals surface area contributed by atoms with Gasteiger partial charge in [-0.3, -0.25) is 9.48 Å². The lowest BCUT2D eigenvalue weighted by Crippen LogP contribution is -2.37. The Morgan fingerprint density at radius 1 is 1.56 bits per heavy atom. The highest BCUT2D eigenvalue weighted by Crippen LogP contribution is 2.12. The van der Waals surface area contributed by atoms with Gasteiger partial charge in [0.25, 0.3) is 0 Å². The van der Waals surface area contributed by atoms with Gasteiger partial charge in [-0.1, -0.05) is 26.7 Å². The minimum absolute atomic E-state index is 0.118. The largest absolute Gasteiger partial charge is 0.396 e. The van der Waals surface area contributed by atoms with Gasteiger partial charge in [-0.2, -0.15) is 5.10 Å². The zero-order chi connectivity index (χ0) is 13.5. The summed E-state index contributed by atoms with van der Waals surface area (Å²) in [6, 6.07) is 0. The van der Waals surface area contributed by atoms with Gasteiger partial charge in [0.1, 0.15) is 6.54 Å². The average Bonchev–Trinajstić information content (AvgIpc) is 2.73. The fraction of sp³-hybridized carbons (Fsp3) is 0.667. The van der Waals surface area contributed by atoms with Crippen molar-refractivity contribution < 1.29 is 9.90 Å². The molecule has 0 aromatic carbocycles. The molecule has 1 atom stereocenters. The van der Waals surface area contributed by atoms with Crippen LogP contribution in [0.5, 0.6) is 0 Å². The van der Waals surface area contributed by atoms with Crippen molar-refractivity contribution in [1.29, 1.82) is 0 Å². The number of nitrogens with one attached hydrogen (secondary N) is 1. The molecule has 0 fully saturated rings. The van der Waals surface area contributed by atoms with E-state index in [9.17, 15) is 9.90 Å². The quantitative estimate of drug-likeness (QED) is 0.655. The maximum atomic E-state index is 11.6. The summed E-state index contributed by atoms with van der Waals surface area (Å²) in [6.45, 7) is 4.46. The average molecular weight is 254 g/mol. The van der Waals surface area contributed by atoms with Gasteiger partial charge in [0.2, 0.25) is 5.91 Å². The van der Waals surface area contributed by atoms with Crippen LogP contribution in [0.2, 0.25) is 0 Å². The maximum absolute atomic E-state index is 11.6. The van der Waals surface area contributed by atoms with Crippen LogP contribution in [0.3, 0.4) is 0 Å². The van der Waals surface area contributed by atoms with E-state index in [2.05, 4.69) is 10.4 Å². The number of anilines is 1. The predicted octanol–water partition coefficient (Wildman–Crippen LogP) is 0.379. The molecule has 1 rings (SSSR count). The van der Waals surface area contributed by atoms with Gasteiger partial charge in [0, 0.05) is 12.7 Å². The standard InChI is InChI=1S/C12H22N4O2/c1-3-9(4-2)11(17)6-14-12(18)8-16-7-10(13)5-15-16/h5,7,9,11,17H,3-4,6,8,13H2,1-2H3,(H,14,18). The fourth-order valence-corrected chi connectivity index (χ4v) is 1.89. The molecule has 0 saturated heterocycles. The number of aromatic nitrogens is 2. The zero-order valence-electron chi connectivity index (χ0n) is 11.0. The number of hydrogen-bond donors (Lipinski definition) is 3. The molecule has 1 heterocycles. The number of amides is 1. The number of nitrogen functional groups attached to an aromatic ring is 1. The smallest absolute Gasteiger partial charge is 0.241 e. The highest BCUT2D eigenvalue weighted by Gasteiger charge is 2.16. The van der Waals surface area contributed by atoms with Crippen LogP contribution in [0, 0.1) is 5.92 Å². The Labute approximate surface area is 107 Å². The molecule has 0 spiro atoms. The molecule has 0 saturated carbocycles. The molecular formula is C12H22N4O2. The molecule has 6 heteroatoms. The third-order valence-corrected chi connectivity index (χ3v) is 3.06. The summed E-state index contributed by atoms with van der Waals surface area (Å²) in [5.74, 6) is 0.0498. The summed E-state index contributed by atoms with van der Waals surface area (Å²) in [4.78, 5) is 11.6. The molecule has 0 aliphatic heterocycles. The van der Waals surface area contributed by atoms with Crippen LogP contribution in [0.25, 0.3) is 0 Å². The summed E-state index contributed by atoms with van der Waals surface area (Å²) in [7, 11) is 0. The number of aliphatic hydroxyl groups is 1. The number of rotatable bonds is 7. The molecule has 6 nitrogen and oxygen atoms in total. The van der Waals surface area contributed by atoms with E-state index in [-0.39, 0.29) is 24.9 Å². The highest BCUT2D eigenvalue weighted by atomic mass is 16.3. The van der Waals surface area contributed by atoms with E-state index >= 15 is 0 Å². The first-order valence-corrected chi connectivity index (χ1v) is 6.29. The second-order valence-corrected chi connectivity index (χ2v) is 4.42. The summed E-state index contributed by atoms with van der Waals surface area (Å²) in [5, 5.41) is 16.5. The molecule has 1 aromatic rings. The molecule has 0 radical (unpaired) electrons. The topological polar surface area (TPSA) is 93.2 Å². The minimum atomic E-state index is -0.494. The van der Waals surface area contributed by atoms with Gasteiger partial charge in [0.15, 0.2) is 0 Å². The summed E-state index contributed by atoms with van der Waals surface area (Å²) >= 11 is 0. The summed E-state index contributed by atoms with van der Waals surface area (Å²) in [6.07, 6.45) is 4.40. The number of aliphatic hydroxyl groups excluding tert-OH is 1. The van der Waals surface area contributed by atoms with E-state index in [0.29, 0.717) is 5.69 Å². The van der Waals surface area contributed by atoms with E-state index < -0.39 is 6.10 Å². The predicted molar refractivity (Wildman–Crippen MR) is 69.7 cm³/mol. The molecule has 1 unspecified atom stereocenters. The third-order valence-electron chi connectivity index (χ3n) is 3.06. The lowest BCUT2D eigenvalue weighted by atomic mass is 9.96. The van der Waals surface area contributed by atoms with Crippen LogP contribution in [-0.2, 0) is 11.3 Å². The summed E-state index contributed by atoms with van der Waals surface area (Å²) < 4.78 is 1.47. The molecule has 4 N–H and O–H groups in total. The zero-order valence-corrected chi connectivity index (χ0v) is 11.0. The van der Waals surface area contributed by atoms with Gasteiger partial charge in [-0.15, -0.1) is 0 Å². The van der Waals surface area contributed by atoms with Crippen LogP contribution in [-0.4, -0.2) is 33.4 Å². The first-order chi connectivity index (χ1) is 8.56. The Hall–Kier alpha value is -1.56. The van der Waals surface area contributed by atoms with Crippen LogP contribution in [0.1, 0.15) is 26.7 Å². The lowest BCUT2D eigenvalue weighted by Gasteiger charge is -2.20. The SMILES string of the molecule is CCC(CC)C(O)CNC(=O)Cn1cc(N)cn1. The number of nitrogens with two attached hydrogens (primary N) is 1.